The van der Waals surface area contributed by atoms with Crippen molar-refractivity contribution in [3.05, 3.63) is 29.6 Å². The van der Waals surface area contributed by atoms with E-state index >= 15 is 0 Å². The van der Waals surface area contributed by atoms with Gasteiger partial charge in [-0.05, 0) is 12.1 Å². The molecule has 128 valence electrons. The van der Waals surface area contributed by atoms with E-state index in [2.05, 4.69) is 9.72 Å². The lowest BCUT2D eigenvalue weighted by atomic mass is 9.95. The molecule has 0 aliphatic heterocycles. The molecule has 0 aliphatic carbocycles. The number of aromatic nitrogens is 1. The molecular weight excluding hydrogens is 330 g/mol. The second kappa shape index (κ2) is 7.17. The highest BCUT2D eigenvalue weighted by atomic mass is 16.6. The van der Waals surface area contributed by atoms with Crippen LogP contribution in [0.5, 0.6) is 0 Å². The normalized spacial score (nSPS) is 10.7. The minimum absolute atomic E-state index is 0.540. The molecule has 0 saturated heterocycles. The zero-order chi connectivity index (χ0) is 18.5. The SMILES string of the molecule is O=C(O)CC(CC(=O)O)(OC(=O)c1cccc(C(=O)O)n1)C(=O)O. The Morgan fingerprint density at radius 2 is 1.42 bits per heavy atom. The maximum absolute atomic E-state index is 12.0. The average molecular weight is 341 g/mol. The third kappa shape index (κ3) is 4.50. The number of carbonyl (C=O) groups excluding carboxylic acids is 1. The Bertz CT molecular complexity index is 694. The van der Waals surface area contributed by atoms with Gasteiger partial charge in [-0.3, -0.25) is 9.59 Å². The van der Waals surface area contributed by atoms with Crippen LogP contribution >= 0.6 is 0 Å². The smallest absolute Gasteiger partial charge is 0.358 e. The summed E-state index contributed by atoms with van der Waals surface area (Å²) in [5.41, 5.74) is -4.02. The van der Waals surface area contributed by atoms with Crippen molar-refractivity contribution >= 4 is 29.8 Å². The summed E-state index contributed by atoms with van der Waals surface area (Å²) in [6.45, 7) is 0. The topological polar surface area (TPSA) is 188 Å². The van der Waals surface area contributed by atoms with Crippen molar-refractivity contribution in [3.63, 3.8) is 0 Å². The quantitative estimate of drug-likeness (QED) is 0.454. The second-order valence-corrected chi connectivity index (χ2v) is 4.54. The Balaban J connectivity index is 3.21. The molecule has 0 saturated carbocycles. The lowest BCUT2D eigenvalue weighted by Gasteiger charge is -2.25. The first-order valence-electron chi connectivity index (χ1n) is 6.18. The van der Waals surface area contributed by atoms with E-state index in [1.807, 2.05) is 0 Å². The third-order valence-corrected chi connectivity index (χ3v) is 2.73. The van der Waals surface area contributed by atoms with Gasteiger partial charge >= 0.3 is 29.8 Å². The zero-order valence-corrected chi connectivity index (χ0v) is 11.8. The first-order valence-corrected chi connectivity index (χ1v) is 6.18. The molecule has 0 radical (unpaired) electrons. The molecule has 0 atom stereocenters. The Morgan fingerprint density at radius 1 is 0.917 bits per heavy atom. The maximum atomic E-state index is 12.0. The molecular formula is C13H11NO10. The summed E-state index contributed by atoms with van der Waals surface area (Å²) in [6.07, 6.45) is -2.61. The highest BCUT2D eigenvalue weighted by Crippen LogP contribution is 2.24. The van der Waals surface area contributed by atoms with E-state index in [9.17, 15) is 24.0 Å². The number of pyridine rings is 1. The van der Waals surface area contributed by atoms with E-state index in [1.54, 1.807) is 0 Å². The number of aliphatic carboxylic acids is 3. The van der Waals surface area contributed by atoms with E-state index in [0.29, 0.717) is 0 Å². The van der Waals surface area contributed by atoms with Crippen molar-refractivity contribution in [3.8, 4) is 0 Å². The van der Waals surface area contributed by atoms with Gasteiger partial charge in [-0.2, -0.15) is 0 Å². The zero-order valence-electron chi connectivity index (χ0n) is 11.8. The monoisotopic (exact) mass is 341 g/mol. The summed E-state index contributed by atoms with van der Waals surface area (Å²) < 4.78 is 4.59. The van der Waals surface area contributed by atoms with Gasteiger partial charge in [0.05, 0.1) is 12.8 Å². The Labute approximate surface area is 133 Å². The minimum atomic E-state index is -2.87. The van der Waals surface area contributed by atoms with Crippen molar-refractivity contribution in [2.24, 2.45) is 0 Å². The lowest BCUT2D eigenvalue weighted by molar-refractivity contribution is -0.171. The molecule has 0 fully saturated rings. The van der Waals surface area contributed by atoms with Crippen LogP contribution in [0.3, 0.4) is 0 Å². The summed E-state index contributed by atoms with van der Waals surface area (Å²) >= 11 is 0. The molecule has 0 spiro atoms. The molecule has 0 aromatic carbocycles. The van der Waals surface area contributed by atoms with Crippen LogP contribution in [0, 0.1) is 0 Å². The van der Waals surface area contributed by atoms with E-state index in [1.165, 1.54) is 0 Å². The summed E-state index contributed by atoms with van der Waals surface area (Å²) in [4.78, 5) is 59.1. The molecule has 11 heteroatoms. The van der Waals surface area contributed by atoms with Crippen LogP contribution in [-0.2, 0) is 19.1 Å². The maximum Gasteiger partial charge on any atom is 0.358 e. The van der Waals surface area contributed by atoms with Gasteiger partial charge in [0.25, 0.3) is 0 Å². The summed E-state index contributed by atoms with van der Waals surface area (Å²) in [5, 5.41) is 35.5. The van der Waals surface area contributed by atoms with Crippen LogP contribution in [0.15, 0.2) is 18.2 Å². The number of esters is 1. The molecule has 1 aromatic heterocycles. The molecule has 1 heterocycles. The highest BCUT2D eigenvalue weighted by Gasteiger charge is 2.47. The fraction of sp³-hybridized carbons (Fsp3) is 0.231. The number of rotatable bonds is 8. The predicted octanol–water partition coefficient (Wildman–Crippen LogP) is -0.291. The van der Waals surface area contributed by atoms with E-state index in [0.717, 1.165) is 18.2 Å². The molecule has 1 aromatic rings. The first kappa shape index (κ1) is 18.5. The van der Waals surface area contributed by atoms with Crippen LogP contribution < -0.4 is 0 Å². The van der Waals surface area contributed by atoms with Crippen LogP contribution in [0.1, 0.15) is 33.8 Å². The van der Waals surface area contributed by atoms with Crippen molar-refractivity contribution < 1.29 is 49.1 Å². The number of hydrogen-bond acceptors (Lipinski definition) is 7. The average Bonchev–Trinajstić information content (AvgIpc) is 2.45. The molecule has 0 bridgehead atoms. The minimum Gasteiger partial charge on any atom is -0.481 e. The van der Waals surface area contributed by atoms with Crippen LogP contribution in [-0.4, -0.2) is 60.9 Å². The molecule has 24 heavy (non-hydrogen) atoms. The number of hydrogen-bond donors (Lipinski definition) is 4. The molecule has 0 amide bonds. The Hall–Kier alpha value is -3.50. The van der Waals surface area contributed by atoms with E-state index < -0.39 is 59.7 Å². The van der Waals surface area contributed by atoms with Gasteiger partial charge in [0.2, 0.25) is 5.60 Å². The van der Waals surface area contributed by atoms with E-state index in [4.69, 9.17) is 20.4 Å². The van der Waals surface area contributed by atoms with Gasteiger partial charge in [-0.25, -0.2) is 19.4 Å². The molecule has 0 aliphatic rings. The molecule has 4 N–H and O–H groups in total. The van der Waals surface area contributed by atoms with Gasteiger partial charge in [0.15, 0.2) is 0 Å². The van der Waals surface area contributed by atoms with Gasteiger partial charge in [0.1, 0.15) is 11.4 Å². The summed E-state index contributed by atoms with van der Waals surface area (Å²) in [6, 6.07) is 3.19. The second-order valence-electron chi connectivity index (χ2n) is 4.54. The first-order chi connectivity index (χ1) is 11.1. The van der Waals surface area contributed by atoms with Crippen molar-refractivity contribution in [2.45, 2.75) is 18.4 Å². The van der Waals surface area contributed by atoms with Crippen LogP contribution in [0.2, 0.25) is 0 Å². The number of ether oxygens (including phenoxy) is 1. The summed E-state index contributed by atoms with van der Waals surface area (Å²) in [5.74, 6) is -8.33. The summed E-state index contributed by atoms with van der Waals surface area (Å²) in [7, 11) is 0. The van der Waals surface area contributed by atoms with Crippen molar-refractivity contribution in [2.75, 3.05) is 0 Å². The van der Waals surface area contributed by atoms with Gasteiger partial charge < -0.3 is 25.2 Å². The largest absolute Gasteiger partial charge is 0.481 e. The number of aromatic carboxylic acids is 1. The predicted molar refractivity (Wildman–Crippen MR) is 71.5 cm³/mol. The Morgan fingerprint density at radius 3 is 1.83 bits per heavy atom. The molecule has 11 nitrogen and oxygen atoms in total. The number of carboxylic acid groups (broad SMARTS) is 4. The standard InChI is InChI=1S/C13H11NO10/c15-8(16)4-13(12(22)23,5-9(17)18)24-11(21)7-3-1-2-6(14-7)10(19)20/h1-3H,4-5H2,(H,15,16)(H,17,18)(H,19,20)(H,22,23). The van der Waals surface area contributed by atoms with Crippen molar-refractivity contribution in [1.82, 2.24) is 4.98 Å². The van der Waals surface area contributed by atoms with Gasteiger partial charge in [-0.1, -0.05) is 6.07 Å². The van der Waals surface area contributed by atoms with Crippen LogP contribution in [0.4, 0.5) is 0 Å². The fourth-order valence-electron chi connectivity index (χ4n) is 1.72. The van der Waals surface area contributed by atoms with E-state index in [-0.39, 0.29) is 0 Å². The van der Waals surface area contributed by atoms with Gasteiger partial charge in [-0.15, -0.1) is 0 Å². The molecule has 0 unspecified atom stereocenters. The third-order valence-electron chi connectivity index (χ3n) is 2.73. The number of nitrogens with zero attached hydrogens (tertiary/aromatic N) is 1. The fourth-order valence-corrected chi connectivity index (χ4v) is 1.72. The van der Waals surface area contributed by atoms with Crippen LogP contribution in [0.25, 0.3) is 0 Å². The Kier molecular flexibility index (Phi) is 5.54. The van der Waals surface area contributed by atoms with Crippen molar-refractivity contribution in [1.29, 1.82) is 0 Å². The number of carbonyl (C=O) groups is 5. The number of carboxylic acids is 4. The highest BCUT2D eigenvalue weighted by molar-refractivity contribution is 5.95. The molecule has 1 rings (SSSR count). The van der Waals surface area contributed by atoms with Gasteiger partial charge in [0, 0.05) is 0 Å². The lowest BCUT2D eigenvalue weighted by Crippen LogP contribution is -2.47.